The van der Waals surface area contributed by atoms with Gasteiger partial charge in [-0.2, -0.15) is 0 Å². The molecular weight excluding hydrogens is 175 g/mol. The third kappa shape index (κ3) is 3.28. The zero-order chi connectivity index (χ0) is 10.7. The smallest absolute Gasteiger partial charge is 0.139 e. The van der Waals surface area contributed by atoms with Crippen molar-refractivity contribution >= 4 is 7.85 Å². The molecule has 0 amide bonds. The van der Waals surface area contributed by atoms with Crippen LogP contribution in [0.25, 0.3) is 0 Å². The van der Waals surface area contributed by atoms with Crippen LogP contribution in [0.15, 0.2) is 0 Å². The van der Waals surface area contributed by atoms with Gasteiger partial charge in [-0.15, -0.1) is 0 Å². The molecule has 2 nitrogen and oxygen atoms in total. The third-order valence-electron chi connectivity index (χ3n) is 2.94. The van der Waals surface area contributed by atoms with Crippen LogP contribution in [-0.4, -0.2) is 32.7 Å². The van der Waals surface area contributed by atoms with Crippen LogP contribution in [0.1, 0.15) is 34.1 Å². The number of hydrogen-bond acceptors (Lipinski definition) is 2. The molecule has 1 rings (SSSR count). The molecule has 1 fully saturated rings. The fraction of sp³-hybridized carbons (Fsp3) is 1.00. The Bertz CT molecular complexity index is 171. The molecule has 0 aliphatic carbocycles. The summed E-state index contributed by atoms with van der Waals surface area (Å²) >= 11 is 0. The summed E-state index contributed by atoms with van der Waals surface area (Å²) in [5, 5.41) is 0. The molecule has 0 saturated carbocycles. The molecule has 1 aliphatic heterocycles. The topological polar surface area (TPSA) is 18.5 Å². The molecule has 0 aromatic heterocycles. The molecule has 0 aromatic carbocycles. The van der Waals surface area contributed by atoms with E-state index in [4.69, 9.17) is 9.47 Å². The Kier molecular flexibility index (Phi) is 4.46. The first-order chi connectivity index (χ1) is 6.50. The molecule has 1 heterocycles. The summed E-state index contributed by atoms with van der Waals surface area (Å²) in [6.07, 6.45) is 1.80. The van der Waals surface area contributed by atoms with Crippen molar-refractivity contribution < 1.29 is 9.47 Å². The molecule has 82 valence electrons. The van der Waals surface area contributed by atoms with Crippen LogP contribution in [0.5, 0.6) is 0 Å². The first kappa shape index (κ1) is 12.1. The average molecular weight is 198 g/mol. The van der Waals surface area contributed by atoms with E-state index < -0.39 is 0 Å². The minimum Gasteiger partial charge on any atom is -0.381 e. The van der Waals surface area contributed by atoms with E-state index in [1.807, 2.05) is 0 Å². The monoisotopic (exact) mass is 198 g/mol. The normalized spacial score (nSPS) is 33.1. The summed E-state index contributed by atoms with van der Waals surface area (Å²) in [6.45, 7) is 9.44. The molecule has 0 radical (unpaired) electrons. The molecule has 0 spiro atoms. The van der Waals surface area contributed by atoms with Crippen LogP contribution < -0.4 is 0 Å². The molecule has 3 heteroatoms. The SMILES string of the molecule is B[C@H]1CC(C(C)C)[C@@H](COC(C)C)O1. The van der Waals surface area contributed by atoms with Gasteiger partial charge in [0.05, 0.1) is 18.8 Å². The van der Waals surface area contributed by atoms with Crippen molar-refractivity contribution in [3.8, 4) is 0 Å². The van der Waals surface area contributed by atoms with E-state index in [9.17, 15) is 0 Å². The molecule has 0 N–H and O–H groups in total. The van der Waals surface area contributed by atoms with Crippen LogP contribution in [0.2, 0.25) is 0 Å². The Labute approximate surface area is 88.8 Å². The average Bonchev–Trinajstić information content (AvgIpc) is 2.43. The van der Waals surface area contributed by atoms with Crippen molar-refractivity contribution in [1.82, 2.24) is 0 Å². The van der Waals surface area contributed by atoms with E-state index in [2.05, 4.69) is 35.5 Å². The number of rotatable bonds is 4. The Morgan fingerprint density at radius 2 is 2.00 bits per heavy atom. The van der Waals surface area contributed by atoms with Crippen LogP contribution in [0.4, 0.5) is 0 Å². The van der Waals surface area contributed by atoms with Gasteiger partial charge in [0.1, 0.15) is 7.85 Å². The van der Waals surface area contributed by atoms with E-state index in [0.29, 0.717) is 30.0 Å². The maximum Gasteiger partial charge on any atom is 0.139 e. The Morgan fingerprint density at radius 3 is 2.50 bits per heavy atom. The maximum absolute atomic E-state index is 5.86. The van der Waals surface area contributed by atoms with E-state index in [1.54, 1.807) is 0 Å². The summed E-state index contributed by atoms with van der Waals surface area (Å²) in [5.41, 5.74) is 0. The first-order valence-corrected chi connectivity index (χ1v) is 5.77. The molecule has 1 saturated heterocycles. The summed E-state index contributed by atoms with van der Waals surface area (Å²) in [6, 6.07) is 0.406. The molecule has 1 unspecified atom stereocenters. The van der Waals surface area contributed by atoms with E-state index in [1.165, 1.54) is 6.42 Å². The Morgan fingerprint density at radius 1 is 1.36 bits per heavy atom. The number of ether oxygens (including phenoxy) is 2. The van der Waals surface area contributed by atoms with Gasteiger partial charge in [0.15, 0.2) is 0 Å². The second kappa shape index (κ2) is 5.17. The van der Waals surface area contributed by atoms with Gasteiger partial charge in [-0.3, -0.25) is 0 Å². The van der Waals surface area contributed by atoms with E-state index >= 15 is 0 Å². The predicted octanol–water partition coefficient (Wildman–Crippen LogP) is 1.43. The van der Waals surface area contributed by atoms with Crippen molar-refractivity contribution in [3.05, 3.63) is 0 Å². The van der Waals surface area contributed by atoms with Gasteiger partial charge in [-0.05, 0) is 32.1 Å². The van der Waals surface area contributed by atoms with Gasteiger partial charge in [0.25, 0.3) is 0 Å². The Balaban J connectivity index is 2.41. The lowest BCUT2D eigenvalue weighted by Crippen LogP contribution is -2.27. The second-order valence-corrected chi connectivity index (χ2v) is 5.01. The Hall–Kier alpha value is -0.0151. The van der Waals surface area contributed by atoms with Crippen LogP contribution in [-0.2, 0) is 9.47 Å². The molecule has 14 heavy (non-hydrogen) atoms. The van der Waals surface area contributed by atoms with Gasteiger partial charge in [-0.25, -0.2) is 0 Å². The molecule has 0 bridgehead atoms. The fourth-order valence-electron chi connectivity index (χ4n) is 2.14. The molecular formula is C11H23BO2. The van der Waals surface area contributed by atoms with Gasteiger partial charge in [-0.1, -0.05) is 13.8 Å². The number of hydrogen-bond donors (Lipinski definition) is 0. The van der Waals surface area contributed by atoms with Gasteiger partial charge >= 0.3 is 0 Å². The highest BCUT2D eigenvalue weighted by Crippen LogP contribution is 2.31. The highest BCUT2D eigenvalue weighted by Gasteiger charge is 2.34. The quantitative estimate of drug-likeness (QED) is 0.636. The van der Waals surface area contributed by atoms with Gasteiger partial charge < -0.3 is 9.47 Å². The lowest BCUT2D eigenvalue weighted by molar-refractivity contribution is -0.0329. The highest BCUT2D eigenvalue weighted by atomic mass is 16.5. The van der Waals surface area contributed by atoms with Gasteiger partial charge in [0, 0.05) is 6.00 Å². The predicted molar refractivity (Wildman–Crippen MR) is 61.2 cm³/mol. The largest absolute Gasteiger partial charge is 0.381 e. The maximum atomic E-state index is 5.86. The minimum absolute atomic E-state index is 0.308. The van der Waals surface area contributed by atoms with Crippen molar-refractivity contribution in [1.29, 1.82) is 0 Å². The first-order valence-electron chi connectivity index (χ1n) is 5.77. The van der Waals surface area contributed by atoms with Gasteiger partial charge in [0.2, 0.25) is 0 Å². The zero-order valence-electron chi connectivity index (χ0n) is 10.1. The van der Waals surface area contributed by atoms with Crippen LogP contribution in [0.3, 0.4) is 0 Å². The lowest BCUT2D eigenvalue weighted by atomic mass is 9.84. The van der Waals surface area contributed by atoms with Crippen molar-refractivity contribution in [2.45, 2.75) is 52.3 Å². The minimum atomic E-state index is 0.308. The standard InChI is InChI=1S/C11H23BO2/c1-7(2)9-5-11(12)14-10(9)6-13-8(3)4/h7-11H,5-6,12H2,1-4H3/t9?,10-,11-/m1/s1. The molecule has 3 atom stereocenters. The summed E-state index contributed by atoms with van der Waals surface area (Å²) in [5.74, 6) is 1.37. The van der Waals surface area contributed by atoms with Crippen LogP contribution >= 0.6 is 0 Å². The summed E-state index contributed by atoms with van der Waals surface area (Å²) < 4.78 is 11.5. The fourth-order valence-corrected chi connectivity index (χ4v) is 2.14. The third-order valence-corrected chi connectivity index (χ3v) is 2.94. The van der Waals surface area contributed by atoms with Crippen molar-refractivity contribution in [2.75, 3.05) is 6.61 Å². The van der Waals surface area contributed by atoms with Crippen LogP contribution in [0, 0.1) is 11.8 Å². The summed E-state index contributed by atoms with van der Waals surface area (Å²) in [4.78, 5) is 0. The summed E-state index contributed by atoms with van der Waals surface area (Å²) in [7, 11) is 2.16. The lowest BCUT2D eigenvalue weighted by Gasteiger charge is -2.22. The zero-order valence-corrected chi connectivity index (χ0v) is 10.1. The molecule has 0 aromatic rings. The highest BCUT2D eigenvalue weighted by molar-refractivity contribution is 6.11. The van der Waals surface area contributed by atoms with E-state index in [-0.39, 0.29) is 0 Å². The van der Waals surface area contributed by atoms with Crippen molar-refractivity contribution in [2.24, 2.45) is 11.8 Å². The molecule has 1 aliphatic rings. The van der Waals surface area contributed by atoms with E-state index in [0.717, 1.165) is 6.61 Å². The van der Waals surface area contributed by atoms with Crippen molar-refractivity contribution in [3.63, 3.8) is 0 Å². The second-order valence-electron chi connectivity index (χ2n) is 5.01.